The van der Waals surface area contributed by atoms with Crippen molar-refractivity contribution in [3.63, 3.8) is 0 Å². The molecule has 33 heavy (non-hydrogen) atoms. The van der Waals surface area contributed by atoms with Gasteiger partial charge in [-0.1, -0.05) is 66.9 Å². The number of unbranched alkanes of at least 4 members (excludes halogenated alkanes) is 1. The van der Waals surface area contributed by atoms with Crippen LogP contribution in [0.1, 0.15) is 36.5 Å². The molecule has 0 aliphatic rings. The minimum Gasteiger partial charge on any atom is -0.493 e. The van der Waals surface area contributed by atoms with E-state index in [-0.39, 0.29) is 10.6 Å². The molecule has 3 aromatic carbocycles. The van der Waals surface area contributed by atoms with Crippen molar-refractivity contribution in [2.24, 2.45) is 0 Å². The molecule has 0 aliphatic heterocycles. The van der Waals surface area contributed by atoms with Gasteiger partial charge >= 0.3 is 0 Å². The standard InChI is InChI=1S/C27H29NO4S/c1-4-5-20-32-26-9-7-6-8-23(26)14-19-27(29)28(24-15-10-21(2)11-16-24)33(30,31)25-17-12-22(3)13-18-25/h6-19H,4-5,20H2,1-3H3/b19-14+. The van der Waals surface area contributed by atoms with Gasteiger partial charge in [0.2, 0.25) is 0 Å². The summed E-state index contributed by atoms with van der Waals surface area (Å²) in [5.74, 6) is -0.0129. The zero-order valence-corrected chi connectivity index (χ0v) is 20.0. The van der Waals surface area contributed by atoms with Gasteiger partial charge in [-0.25, -0.2) is 8.42 Å². The Morgan fingerprint density at radius 3 is 2.15 bits per heavy atom. The summed E-state index contributed by atoms with van der Waals surface area (Å²) in [7, 11) is -4.11. The second-order valence-corrected chi connectivity index (χ2v) is 9.62. The van der Waals surface area contributed by atoms with Crippen LogP contribution in [0.15, 0.2) is 83.8 Å². The van der Waals surface area contributed by atoms with Crippen LogP contribution in [0.3, 0.4) is 0 Å². The van der Waals surface area contributed by atoms with Crippen molar-refractivity contribution < 1.29 is 17.9 Å². The van der Waals surface area contributed by atoms with Crippen LogP contribution in [0.4, 0.5) is 5.69 Å². The maximum atomic E-state index is 13.5. The first kappa shape index (κ1) is 24.3. The summed E-state index contributed by atoms with van der Waals surface area (Å²) in [6.07, 6.45) is 4.80. The molecule has 0 fully saturated rings. The molecule has 3 rings (SSSR count). The first-order valence-electron chi connectivity index (χ1n) is 11.0. The number of nitrogens with zero attached hydrogens (tertiary/aromatic N) is 1. The lowest BCUT2D eigenvalue weighted by atomic mass is 10.2. The number of hydrogen-bond acceptors (Lipinski definition) is 4. The highest BCUT2D eigenvalue weighted by Crippen LogP contribution is 2.26. The van der Waals surface area contributed by atoms with Crippen LogP contribution in [-0.4, -0.2) is 20.9 Å². The summed E-state index contributed by atoms with van der Waals surface area (Å²) in [5.41, 5.74) is 2.89. The number of para-hydroxylation sites is 1. The number of hydrogen-bond donors (Lipinski definition) is 0. The zero-order valence-electron chi connectivity index (χ0n) is 19.2. The van der Waals surface area contributed by atoms with Crippen LogP contribution in [0.25, 0.3) is 6.08 Å². The van der Waals surface area contributed by atoms with E-state index in [4.69, 9.17) is 4.74 Å². The number of amides is 1. The van der Waals surface area contributed by atoms with E-state index in [1.54, 1.807) is 42.5 Å². The van der Waals surface area contributed by atoms with Gasteiger partial charge in [0.25, 0.3) is 15.9 Å². The molecule has 0 saturated carbocycles. The van der Waals surface area contributed by atoms with Gasteiger partial charge in [0.05, 0.1) is 17.2 Å². The van der Waals surface area contributed by atoms with Crippen LogP contribution >= 0.6 is 0 Å². The third-order valence-electron chi connectivity index (χ3n) is 5.11. The molecule has 0 heterocycles. The average molecular weight is 464 g/mol. The highest BCUT2D eigenvalue weighted by Gasteiger charge is 2.29. The molecule has 0 unspecified atom stereocenters. The molecule has 0 saturated heterocycles. The highest BCUT2D eigenvalue weighted by molar-refractivity contribution is 7.93. The Balaban J connectivity index is 1.97. The molecule has 1 amide bonds. The maximum absolute atomic E-state index is 13.5. The minimum absolute atomic E-state index is 0.0544. The van der Waals surface area contributed by atoms with E-state index in [1.165, 1.54) is 18.2 Å². The Morgan fingerprint density at radius 2 is 1.52 bits per heavy atom. The Hall–Kier alpha value is -3.38. The highest BCUT2D eigenvalue weighted by atomic mass is 32.2. The Labute approximate surface area is 196 Å². The average Bonchev–Trinajstić information content (AvgIpc) is 2.80. The topological polar surface area (TPSA) is 63.7 Å². The fraction of sp³-hybridized carbons (Fsp3) is 0.222. The van der Waals surface area contributed by atoms with Crippen molar-refractivity contribution >= 4 is 27.7 Å². The summed E-state index contributed by atoms with van der Waals surface area (Å²) in [6, 6.07) is 20.6. The Morgan fingerprint density at radius 1 is 0.909 bits per heavy atom. The molecule has 0 bridgehead atoms. The normalized spacial score (nSPS) is 11.5. The maximum Gasteiger partial charge on any atom is 0.271 e. The van der Waals surface area contributed by atoms with Gasteiger partial charge in [0.15, 0.2) is 0 Å². The smallest absolute Gasteiger partial charge is 0.271 e. The predicted molar refractivity (Wildman–Crippen MR) is 133 cm³/mol. The second-order valence-electron chi connectivity index (χ2n) is 7.83. The van der Waals surface area contributed by atoms with Crippen molar-refractivity contribution in [3.8, 4) is 5.75 Å². The van der Waals surface area contributed by atoms with Gasteiger partial charge in [-0.3, -0.25) is 4.79 Å². The van der Waals surface area contributed by atoms with Crippen LogP contribution in [0, 0.1) is 13.8 Å². The van der Waals surface area contributed by atoms with Crippen molar-refractivity contribution in [2.45, 2.75) is 38.5 Å². The fourth-order valence-corrected chi connectivity index (χ4v) is 4.57. The van der Waals surface area contributed by atoms with Gasteiger partial charge in [-0.05, 0) is 56.7 Å². The quantitative estimate of drug-likeness (QED) is 0.292. The van der Waals surface area contributed by atoms with E-state index in [9.17, 15) is 13.2 Å². The molecule has 0 aromatic heterocycles. The molecule has 0 atom stereocenters. The summed E-state index contributed by atoms with van der Waals surface area (Å²) in [4.78, 5) is 13.3. The largest absolute Gasteiger partial charge is 0.493 e. The first-order chi connectivity index (χ1) is 15.8. The number of rotatable bonds is 9. The summed E-state index contributed by atoms with van der Waals surface area (Å²) in [5, 5.41) is 0. The lowest BCUT2D eigenvalue weighted by Crippen LogP contribution is -2.35. The van der Waals surface area contributed by atoms with Crippen LogP contribution in [0.5, 0.6) is 5.75 Å². The SMILES string of the molecule is CCCCOc1ccccc1/C=C/C(=O)N(c1ccc(C)cc1)S(=O)(=O)c1ccc(C)cc1. The molecule has 6 heteroatoms. The first-order valence-corrected chi connectivity index (χ1v) is 12.4. The molecule has 172 valence electrons. The Bertz CT molecular complexity index is 1210. The second kappa shape index (κ2) is 11.0. The van der Waals surface area contributed by atoms with Crippen LogP contribution in [0.2, 0.25) is 0 Å². The van der Waals surface area contributed by atoms with E-state index in [2.05, 4.69) is 6.92 Å². The predicted octanol–water partition coefficient (Wildman–Crippen LogP) is 5.92. The van der Waals surface area contributed by atoms with Crippen LogP contribution in [-0.2, 0) is 14.8 Å². The molecule has 3 aromatic rings. The van der Waals surface area contributed by atoms with E-state index >= 15 is 0 Å². The van der Waals surface area contributed by atoms with E-state index in [1.807, 2.05) is 38.1 Å². The molecule has 0 N–H and O–H groups in total. The number of sulfonamides is 1. The monoisotopic (exact) mass is 463 g/mol. The number of carbonyl (C=O) groups is 1. The lowest BCUT2D eigenvalue weighted by Gasteiger charge is -2.21. The molecule has 0 spiro atoms. The van der Waals surface area contributed by atoms with Crippen LogP contribution < -0.4 is 9.04 Å². The van der Waals surface area contributed by atoms with Gasteiger partial charge < -0.3 is 4.74 Å². The van der Waals surface area contributed by atoms with Crippen molar-refractivity contribution in [3.05, 3.63) is 95.6 Å². The lowest BCUT2D eigenvalue weighted by molar-refractivity contribution is -0.113. The number of aryl methyl sites for hydroxylation is 2. The third kappa shape index (κ3) is 6.11. The zero-order chi connectivity index (χ0) is 23.8. The Kier molecular flexibility index (Phi) is 8.06. The summed E-state index contributed by atoms with van der Waals surface area (Å²) >= 11 is 0. The van der Waals surface area contributed by atoms with Gasteiger partial charge in [0.1, 0.15) is 5.75 Å². The van der Waals surface area contributed by atoms with Gasteiger partial charge in [0, 0.05) is 11.6 Å². The molecular formula is C27H29NO4S. The van der Waals surface area contributed by atoms with E-state index in [0.717, 1.165) is 28.3 Å². The number of anilines is 1. The van der Waals surface area contributed by atoms with E-state index < -0.39 is 15.9 Å². The number of benzene rings is 3. The number of carbonyl (C=O) groups excluding carboxylic acids is 1. The molecule has 0 radical (unpaired) electrons. The number of ether oxygens (including phenoxy) is 1. The minimum atomic E-state index is -4.11. The fourth-order valence-electron chi connectivity index (χ4n) is 3.19. The van der Waals surface area contributed by atoms with Gasteiger partial charge in [-0.15, -0.1) is 0 Å². The van der Waals surface area contributed by atoms with Gasteiger partial charge in [-0.2, -0.15) is 4.31 Å². The van der Waals surface area contributed by atoms with Crippen molar-refractivity contribution in [1.29, 1.82) is 0 Å². The summed E-state index contributed by atoms with van der Waals surface area (Å²) < 4.78 is 33.6. The van der Waals surface area contributed by atoms with Crippen molar-refractivity contribution in [1.82, 2.24) is 0 Å². The van der Waals surface area contributed by atoms with Crippen molar-refractivity contribution in [2.75, 3.05) is 10.9 Å². The molecule has 5 nitrogen and oxygen atoms in total. The molecule has 0 aliphatic carbocycles. The third-order valence-corrected chi connectivity index (χ3v) is 6.85. The van der Waals surface area contributed by atoms with E-state index in [0.29, 0.717) is 17.9 Å². The molecular weight excluding hydrogens is 434 g/mol. The summed E-state index contributed by atoms with van der Waals surface area (Å²) in [6.45, 7) is 6.44.